The van der Waals surface area contributed by atoms with E-state index in [1.807, 2.05) is 31.2 Å². The molecule has 5 nitrogen and oxygen atoms in total. The number of carbonyl (C=O) groups excluding carboxylic acids is 1. The van der Waals surface area contributed by atoms with Crippen molar-refractivity contribution < 1.29 is 4.79 Å². The lowest BCUT2D eigenvalue weighted by atomic mass is 9.96. The van der Waals surface area contributed by atoms with Gasteiger partial charge >= 0.3 is 0 Å². The fraction of sp³-hybridized carbons (Fsp3) is 0.391. The highest BCUT2D eigenvalue weighted by Gasteiger charge is 2.43. The van der Waals surface area contributed by atoms with E-state index in [4.69, 9.17) is 0 Å². The molecule has 0 saturated heterocycles. The predicted octanol–water partition coefficient (Wildman–Crippen LogP) is 3.82. The Kier molecular flexibility index (Phi) is 6.69. The lowest BCUT2D eigenvalue weighted by molar-refractivity contribution is -0.116. The van der Waals surface area contributed by atoms with Crippen molar-refractivity contribution >= 4 is 17.6 Å². The van der Waals surface area contributed by atoms with Crippen LogP contribution in [0.25, 0.3) is 0 Å². The Morgan fingerprint density at radius 3 is 2.54 bits per heavy atom. The van der Waals surface area contributed by atoms with Gasteiger partial charge in [-0.15, -0.1) is 0 Å². The van der Waals surface area contributed by atoms with Crippen LogP contribution < -0.4 is 16.0 Å². The zero-order valence-electron chi connectivity index (χ0n) is 16.8. The summed E-state index contributed by atoms with van der Waals surface area (Å²) in [4.78, 5) is 16.1. The summed E-state index contributed by atoms with van der Waals surface area (Å²) in [5.74, 6) is 0.850. The number of hydrogen-bond donors (Lipinski definition) is 3. The molecule has 2 aromatic carbocycles. The molecule has 1 amide bonds. The highest BCUT2D eigenvalue weighted by molar-refractivity contribution is 5.90. The van der Waals surface area contributed by atoms with Crippen LogP contribution in [-0.2, 0) is 16.8 Å². The van der Waals surface area contributed by atoms with E-state index >= 15 is 0 Å². The molecule has 0 aromatic heterocycles. The molecule has 0 spiro atoms. The lowest BCUT2D eigenvalue weighted by Gasteiger charge is -2.19. The minimum atomic E-state index is 0.0562. The normalized spacial score (nSPS) is 15.0. The van der Waals surface area contributed by atoms with Gasteiger partial charge < -0.3 is 16.0 Å². The third kappa shape index (κ3) is 5.35. The van der Waals surface area contributed by atoms with Gasteiger partial charge in [0.2, 0.25) is 5.91 Å². The van der Waals surface area contributed by atoms with Crippen LogP contribution in [0.3, 0.4) is 0 Å². The second kappa shape index (κ2) is 9.40. The van der Waals surface area contributed by atoms with Gasteiger partial charge in [-0.2, -0.15) is 0 Å². The molecule has 0 aliphatic heterocycles. The van der Waals surface area contributed by atoms with Crippen molar-refractivity contribution in [3.05, 3.63) is 65.7 Å². The van der Waals surface area contributed by atoms with Crippen LogP contribution in [0.1, 0.15) is 43.7 Å². The first-order chi connectivity index (χ1) is 13.6. The largest absolute Gasteiger partial charge is 0.356 e. The number of anilines is 1. The number of guanidine groups is 1. The summed E-state index contributed by atoms with van der Waals surface area (Å²) in [5, 5.41) is 9.79. The van der Waals surface area contributed by atoms with Crippen LogP contribution in [0.4, 0.5) is 5.69 Å². The SMILES string of the molecule is CCCC(=O)Nc1cccc(CNC(=NC)NCC2(c3ccccc3)CC2)c1. The monoisotopic (exact) mass is 378 g/mol. The van der Waals surface area contributed by atoms with Crippen LogP contribution in [0.15, 0.2) is 59.6 Å². The average Bonchev–Trinajstić information content (AvgIpc) is 3.50. The van der Waals surface area contributed by atoms with Gasteiger partial charge in [0.25, 0.3) is 0 Å². The molecule has 148 valence electrons. The summed E-state index contributed by atoms with van der Waals surface area (Å²) in [5.41, 5.74) is 3.57. The number of carbonyl (C=O) groups is 1. The van der Waals surface area contributed by atoms with Crippen LogP contribution in [0.5, 0.6) is 0 Å². The molecule has 28 heavy (non-hydrogen) atoms. The topological polar surface area (TPSA) is 65.5 Å². The minimum absolute atomic E-state index is 0.0562. The molecule has 0 bridgehead atoms. The fourth-order valence-corrected chi connectivity index (χ4v) is 3.38. The van der Waals surface area contributed by atoms with E-state index in [-0.39, 0.29) is 11.3 Å². The Morgan fingerprint density at radius 1 is 1.07 bits per heavy atom. The maximum Gasteiger partial charge on any atom is 0.224 e. The second-order valence-corrected chi connectivity index (χ2v) is 7.42. The molecule has 0 atom stereocenters. The summed E-state index contributed by atoms with van der Waals surface area (Å²) in [7, 11) is 1.79. The van der Waals surface area contributed by atoms with E-state index in [1.54, 1.807) is 7.05 Å². The standard InChI is InChI=1S/C23H30N4O/c1-3-8-21(28)27-20-12-7-9-18(15-20)16-25-22(24-2)26-17-23(13-14-23)19-10-5-4-6-11-19/h4-7,9-12,15H,3,8,13-14,16-17H2,1-2H3,(H,27,28)(H2,24,25,26). The maximum atomic E-state index is 11.8. The number of nitrogens with zero attached hydrogens (tertiary/aromatic N) is 1. The molecule has 3 rings (SSSR count). The maximum absolute atomic E-state index is 11.8. The lowest BCUT2D eigenvalue weighted by Crippen LogP contribution is -2.40. The van der Waals surface area contributed by atoms with E-state index in [1.165, 1.54) is 18.4 Å². The van der Waals surface area contributed by atoms with Crippen molar-refractivity contribution in [3.63, 3.8) is 0 Å². The summed E-state index contributed by atoms with van der Waals surface area (Å²) < 4.78 is 0. The van der Waals surface area contributed by atoms with E-state index in [2.05, 4.69) is 51.3 Å². The molecule has 0 heterocycles. The quantitative estimate of drug-likeness (QED) is 0.483. The molecule has 1 aliphatic rings. The van der Waals surface area contributed by atoms with Gasteiger partial charge in [-0.05, 0) is 42.5 Å². The zero-order valence-corrected chi connectivity index (χ0v) is 16.8. The van der Waals surface area contributed by atoms with Crippen LogP contribution in [0, 0.1) is 0 Å². The summed E-state index contributed by atoms with van der Waals surface area (Å²) in [6, 6.07) is 18.6. The number of amides is 1. The summed E-state index contributed by atoms with van der Waals surface area (Å²) in [6.45, 7) is 3.53. The molecule has 0 unspecified atom stereocenters. The number of aliphatic imine (C=N–C) groups is 1. The van der Waals surface area contributed by atoms with Gasteiger partial charge in [-0.1, -0.05) is 49.4 Å². The third-order valence-corrected chi connectivity index (χ3v) is 5.21. The van der Waals surface area contributed by atoms with E-state index in [0.717, 1.165) is 30.2 Å². The highest BCUT2D eigenvalue weighted by atomic mass is 16.1. The number of hydrogen-bond acceptors (Lipinski definition) is 2. The van der Waals surface area contributed by atoms with Crippen LogP contribution in [-0.4, -0.2) is 25.5 Å². The number of nitrogens with one attached hydrogen (secondary N) is 3. The molecular weight excluding hydrogens is 348 g/mol. The van der Waals surface area contributed by atoms with E-state index in [0.29, 0.717) is 13.0 Å². The first-order valence-electron chi connectivity index (χ1n) is 10.0. The summed E-state index contributed by atoms with van der Waals surface area (Å²) >= 11 is 0. The third-order valence-electron chi connectivity index (χ3n) is 5.21. The molecular formula is C23H30N4O. The smallest absolute Gasteiger partial charge is 0.224 e. The average molecular weight is 379 g/mol. The van der Waals surface area contributed by atoms with Gasteiger partial charge in [0.15, 0.2) is 5.96 Å². The first-order valence-corrected chi connectivity index (χ1v) is 10.0. The van der Waals surface area contributed by atoms with Crippen molar-refractivity contribution in [3.8, 4) is 0 Å². The van der Waals surface area contributed by atoms with E-state index < -0.39 is 0 Å². The number of benzene rings is 2. The van der Waals surface area contributed by atoms with Gasteiger partial charge in [-0.3, -0.25) is 9.79 Å². The van der Waals surface area contributed by atoms with Gasteiger partial charge in [0.05, 0.1) is 0 Å². The minimum Gasteiger partial charge on any atom is -0.356 e. The van der Waals surface area contributed by atoms with Crippen LogP contribution in [0.2, 0.25) is 0 Å². The first kappa shape index (κ1) is 19.9. The molecule has 2 aromatic rings. The number of rotatable bonds is 8. The van der Waals surface area contributed by atoms with Gasteiger partial charge in [0, 0.05) is 37.7 Å². The van der Waals surface area contributed by atoms with Crippen molar-refractivity contribution in [2.75, 3.05) is 18.9 Å². The molecule has 5 heteroatoms. The van der Waals surface area contributed by atoms with E-state index in [9.17, 15) is 4.79 Å². The van der Waals surface area contributed by atoms with Gasteiger partial charge in [0.1, 0.15) is 0 Å². The Morgan fingerprint density at radius 2 is 1.86 bits per heavy atom. The van der Waals surface area contributed by atoms with Crippen LogP contribution >= 0.6 is 0 Å². The molecule has 1 saturated carbocycles. The molecule has 3 N–H and O–H groups in total. The zero-order chi connectivity index (χ0) is 19.8. The van der Waals surface area contributed by atoms with Gasteiger partial charge in [-0.25, -0.2) is 0 Å². The fourth-order valence-electron chi connectivity index (χ4n) is 3.38. The Balaban J connectivity index is 1.51. The van der Waals surface area contributed by atoms with Crippen molar-refractivity contribution in [1.82, 2.24) is 10.6 Å². The van der Waals surface area contributed by atoms with Crippen molar-refractivity contribution in [2.45, 2.75) is 44.6 Å². The molecule has 1 fully saturated rings. The van der Waals surface area contributed by atoms with Crippen molar-refractivity contribution in [1.29, 1.82) is 0 Å². The molecule has 0 radical (unpaired) electrons. The Hall–Kier alpha value is -2.82. The predicted molar refractivity (Wildman–Crippen MR) is 116 cm³/mol. The highest BCUT2D eigenvalue weighted by Crippen LogP contribution is 2.47. The Labute approximate surface area is 167 Å². The van der Waals surface area contributed by atoms with Crippen molar-refractivity contribution in [2.24, 2.45) is 4.99 Å². The molecule has 1 aliphatic carbocycles. The Bertz CT molecular complexity index is 812. The summed E-state index contributed by atoms with van der Waals surface area (Å²) in [6.07, 6.45) is 3.81. The second-order valence-electron chi connectivity index (χ2n) is 7.42.